The van der Waals surface area contributed by atoms with Crippen LogP contribution in [-0.2, 0) is 0 Å². The Labute approximate surface area is 160 Å². The topological polar surface area (TPSA) is 33.2 Å². The van der Waals surface area contributed by atoms with Crippen LogP contribution < -0.4 is 4.90 Å². The van der Waals surface area contributed by atoms with Gasteiger partial charge in [0.25, 0.3) is 5.91 Å². The van der Waals surface area contributed by atoms with Crippen molar-refractivity contribution in [1.82, 2.24) is 4.98 Å². The van der Waals surface area contributed by atoms with Crippen LogP contribution in [0.25, 0.3) is 21.3 Å². The number of amides is 1. The monoisotopic (exact) mass is 378 g/mol. The van der Waals surface area contributed by atoms with Crippen molar-refractivity contribution in [2.24, 2.45) is 0 Å². The highest BCUT2D eigenvalue weighted by molar-refractivity contribution is 7.22. The molecule has 0 saturated carbocycles. The van der Waals surface area contributed by atoms with Crippen LogP contribution in [0.15, 0.2) is 60.0 Å². The molecule has 130 valence electrons. The van der Waals surface area contributed by atoms with Gasteiger partial charge in [-0.15, -0.1) is 11.3 Å². The molecule has 0 aliphatic carbocycles. The summed E-state index contributed by atoms with van der Waals surface area (Å²) >= 11 is 3.05. The van der Waals surface area contributed by atoms with Crippen LogP contribution in [-0.4, -0.2) is 17.4 Å². The SMILES string of the molecule is CCN(C(=O)c1sccc1-c1ccc(C)cc1)c1nc2ccccc2s1. The molecule has 26 heavy (non-hydrogen) atoms. The van der Waals surface area contributed by atoms with Crippen molar-refractivity contribution in [2.75, 3.05) is 11.4 Å². The van der Waals surface area contributed by atoms with E-state index in [9.17, 15) is 4.79 Å². The lowest BCUT2D eigenvalue weighted by atomic mass is 10.0. The molecular weight excluding hydrogens is 360 g/mol. The molecule has 0 unspecified atom stereocenters. The Morgan fingerprint density at radius 3 is 2.58 bits per heavy atom. The van der Waals surface area contributed by atoms with E-state index in [0.29, 0.717) is 6.54 Å². The molecule has 3 nitrogen and oxygen atoms in total. The van der Waals surface area contributed by atoms with Crippen molar-refractivity contribution >= 4 is 43.9 Å². The summed E-state index contributed by atoms with van der Waals surface area (Å²) in [4.78, 5) is 20.5. The predicted octanol–water partition coefficient (Wildman–Crippen LogP) is 6.00. The second-order valence-electron chi connectivity index (χ2n) is 6.04. The predicted molar refractivity (Wildman–Crippen MR) is 111 cm³/mol. The van der Waals surface area contributed by atoms with Crippen molar-refractivity contribution < 1.29 is 4.79 Å². The number of benzene rings is 2. The van der Waals surface area contributed by atoms with E-state index >= 15 is 0 Å². The Morgan fingerprint density at radius 1 is 1.08 bits per heavy atom. The number of rotatable bonds is 4. The van der Waals surface area contributed by atoms with Gasteiger partial charge in [-0.2, -0.15) is 0 Å². The number of carbonyl (C=O) groups excluding carboxylic acids is 1. The van der Waals surface area contributed by atoms with E-state index < -0.39 is 0 Å². The number of anilines is 1. The molecule has 0 radical (unpaired) electrons. The average Bonchev–Trinajstić information content (AvgIpc) is 3.29. The minimum atomic E-state index is 0.0112. The summed E-state index contributed by atoms with van der Waals surface area (Å²) in [7, 11) is 0. The Morgan fingerprint density at radius 2 is 1.85 bits per heavy atom. The lowest BCUT2D eigenvalue weighted by Gasteiger charge is -2.17. The molecule has 0 spiro atoms. The fraction of sp³-hybridized carbons (Fsp3) is 0.143. The summed E-state index contributed by atoms with van der Waals surface area (Å²) in [5.41, 5.74) is 4.20. The lowest BCUT2D eigenvalue weighted by molar-refractivity contribution is 0.0993. The van der Waals surface area contributed by atoms with Gasteiger partial charge < -0.3 is 0 Å². The number of thiazole rings is 1. The quantitative estimate of drug-likeness (QED) is 0.436. The first kappa shape index (κ1) is 16.9. The van der Waals surface area contributed by atoms with E-state index in [2.05, 4.69) is 36.2 Å². The molecule has 0 aliphatic heterocycles. The highest BCUT2D eigenvalue weighted by atomic mass is 32.1. The highest BCUT2D eigenvalue weighted by Crippen LogP contribution is 2.33. The number of aryl methyl sites for hydroxylation is 1. The molecule has 0 bridgehead atoms. The smallest absolute Gasteiger partial charge is 0.270 e. The maximum atomic E-state index is 13.3. The van der Waals surface area contributed by atoms with Gasteiger partial charge in [-0.25, -0.2) is 4.98 Å². The summed E-state index contributed by atoms with van der Waals surface area (Å²) in [6.07, 6.45) is 0. The van der Waals surface area contributed by atoms with E-state index in [0.717, 1.165) is 31.4 Å². The number of thiophene rings is 1. The van der Waals surface area contributed by atoms with Crippen LogP contribution in [0, 0.1) is 6.92 Å². The average molecular weight is 379 g/mol. The van der Waals surface area contributed by atoms with Gasteiger partial charge in [-0.3, -0.25) is 9.69 Å². The van der Waals surface area contributed by atoms with Crippen LogP contribution in [0.5, 0.6) is 0 Å². The summed E-state index contributed by atoms with van der Waals surface area (Å²) in [6, 6.07) is 18.3. The fourth-order valence-electron chi connectivity index (χ4n) is 2.90. The minimum absolute atomic E-state index is 0.0112. The van der Waals surface area contributed by atoms with Crippen molar-refractivity contribution in [3.05, 3.63) is 70.4 Å². The van der Waals surface area contributed by atoms with Gasteiger partial charge in [0.2, 0.25) is 0 Å². The molecule has 2 aromatic heterocycles. The zero-order valence-corrected chi connectivity index (χ0v) is 16.2. The van der Waals surface area contributed by atoms with Gasteiger partial charge in [0, 0.05) is 12.1 Å². The fourth-order valence-corrected chi connectivity index (χ4v) is 4.79. The first-order valence-corrected chi connectivity index (χ1v) is 10.2. The van der Waals surface area contributed by atoms with E-state index in [4.69, 9.17) is 0 Å². The van der Waals surface area contributed by atoms with Crippen LogP contribution in [0.2, 0.25) is 0 Å². The molecule has 0 fully saturated rings. The summed E-state index contributed by atoms with van der Waals surface area (Å²) in [5, 5.41) is 2.73. The number of hydrogen-bond donors (Lipinski definition) is 0. The zero-order chi connectivity index (χ0) is 18.1. The highest BCUT2D eigenvalue weighted by Gasteiger charge is 2.23. The zero-order valence-electron chi connectivity index (χ0n) is 14.6. The van der Waals surface area contributed by atoms with Gasteiger partial charge in [-0.1, -0.05) is 53.3 Å². The number of aromatic nitrogens is 1. The first-order valence-electron chi connectivity index (χ1n) is 8.49. The molecule has 5 heteroatoms. The maximum Gasteiger partial charge on any atom is 0.270 e. The summed E-state index contributed by atoms with van der Waals surface area (Å²) in [6.45, 7) is 4.64. The molecule has 1 amide bonds. The Balaban J connectivity index is 1.72. The summed E-state index contributed by atoms with van der Waals surface area (Å²) in [5.74, 6) is 0.0112. The maximum absolute atomic E-state index is 13.3. The van der Waals surface area contributed by atoms with Crippen molar-refractivity contribution in [2.45, 2.75) is 13.8 Å². The number of nitrogens with zero attached hydrogens (tertiary/aromatic N) is 2. The molecular formula is C21H18N2OS2. The van der Waals surface area contributed by atoms with Crippen LogP contribution in [0.3, 0.4) is 0 Å². The van der Waals surface area contributed by atoms with E-state index in [1.165, 1.54) is 16.9 Å². The van der Waals surface area contributed by atoms with Gasteiger partial charge >= 0.3 is 0 Å². The van der Waals surface area contributed by atoms with Gasteiger partial charge in [0.1, 0.15) is 4.88 Å². The van der Waals surface area contributed by atoms with Crippen LogP contribution in [0.4, 0.5) is 5.13 Å². The molecule has 0 atom stereocenters. The third-order valence-corrected chi connectivity index (χ3v) is 6.26. The van der Waals surface area contributed by atoms with E-state index in [1.807, 2.05) is 42.6 Å². The van der Waals surface area contributed by atoms with Crippen LogP contribution >= 0.6 is 22.7 Å². The van der Waals surface area contributed by atoms with Crippen molar-refractivity contribution in [3.63, 3.8) is 0 Å². The Hall–Kier alpha value is -2.50. The molecule has 0 saturated heterocycles. The molecule has 0 N–H and O–H groups in total. The normalized spacial score (nSPS) is 11.0. The number of hydrogen-bond acceptors (Lipinski definition) is 4. The standard InChI is InChI=1S/C21H18N2OS2/c1-3-23(21-22-17-6-4-5-7-18(17)26-21)20(24)19-16(12-13-25-19)15-10-8-14(2)9-11-15/h4-13H,3H2,1-2H3. The Bertz CT molecular complexity index is 1030. The summed E-state index contributed by atoms with van der Waals surface area (Å²) < 4.78 is 1.10. The molecule has 2 aromatic carbocycles. The van der Waals surface area contributed by atoms with Gasteiger partial charge in [0.05, 0.1) is 10.2 Å². The lowest BCUT2D eigenvalue weighted by Crippen LogP contribution is -2.30. The largest absolute Gasteiger partial charge is 0.284 e. The number of carbonyl (C=O) groups is 1. The third-order valence-electron chi connectivity index (χ3n) is 4.30. The van der Waals surface area contributed by atoms with E-state index in [-0.39, 0.29) is 5.91 Å². The molecule has 4 rings (SSSR count). The first-order chi connectivity index (χ1) is 12.7. The molecule has 4 aromatic rings. The number of para-hydroxylation sites is 1. The van der Waals surface area contributed by atoms with Crippen molar-refractivity contribution in [3.8, 4) is 11.1 Å². The van der Waals surface area contributed by atoms with Gasteiger partial charge in [-0.05, 0) is 43.0 Å². The van der Waals surface area contributed by atoms with E-state index in [1.54, 1.807) is 16.2 Å². The Kier molecular flexibility index (Phi) is 4.57. The van der Waals surface area contributed by atoms with Crippen LogP contribution in [0.1, 0.15) is 22.2 Å². The number of fused-ring (bicyclic) bond motifs is 1. The van der Waals surface area contributed by atoms with Gasteiger partial charge in [0.15, 0.2) is 5.13 Å². The minimum Gasteiger partial charge on any atom is -0.284 e. The molecule has 0 aliphatic rings. The van der Waals surface area contributed by atoms with Crippen molar-refractivity contribution in [1.29, 1.82) is 0 Å². The second kappa shape index (κ2) is 7.02. The third kappa shape index (κ3) is 3.04. The molecule has 2 heterocycles. The second-order valence-corrected chi connectivity index (χ2v) is 7.97.